The standard InChI is InChI=1S/C25H38Cl2N6O4/c1-17(2)14-20(28)24(36)30-16-23(35)33-11-3-4-21(33)25(37)29-15-22(34)31-18-5-7-19(8-6-18)32(12-9-26)13-10-27/h5-8,17,20-21H,3-4,9-16,28H2,1-2H3,(H,29,37)(H,30,36)(H,31,34)/t20-,21-/m0/s1. The van der Waals surface area contributed by atoms with Crippen molar-refractivity contribution in [3.05, 3.63) is 24.3 Å². The monoisotopic (exact) mass is 556 g/mol. The van der Waals surface area contributed by atoms with Crippen LogP contribution in [0.5, 0.6) is 0 Å². The lowest BCUT2D eigenvalue weighted by atomic mass is 10.0. The molecule has 2 atom stereocenters. The molecule has 1 heterocycles. The molecule has 1 fully saturated rings. The third kappa shape index (κ3) is 10.0. The van der Waals surface area contributed by atoms with E-state index in [1.54, 1.807) is 12.1 Å². The molecule has 1 aliphatic rings. The van der Waals surface area contributed by atoms with Crippen LogP contribution in [0, 0.1) is 5.92 Å². The number of carbonyl (C=O) groups excluding carboxylic acids is 4. The SMILES string of the molecule is CC(C)C[C@H](N)C(=O)NCC(=O)N1CCC[C@H]1C(=O)NCC(=O)Nc1ccc(N(CCCl)CCCl)cc1. The van der Waals surface area contributed by atoms with Gasteiger partial charge in [-0.1, -0.05) is 13.8 Å². The second-order valence-electron chi connectivity index (χ2n) is 9.38. The number of anilines is 2. The molecule has 1 aromatic rings. The minimum Gasteiger partial charge on any atom is -0.369 e. The summed E-state index contributed by atoms with van der Waals surface area (Å²) in [5, 5.41) is 7.91. The third-order valence-corrected chi connectivity index (χ3v) is 6.34. The van der Waals surface area contributed by atoms with E-state index >= 15 is 0 Å². The van der Waals surface area contributed by atoms with Crippen LogP contribution >= 0.6 is 23.2 Å². The number of alkyl halides is 2. The molecule has 37 heavy (non-hydrogen) atoms. The van der Waals surface area contributed by atoms with Gasteiger partial charge in [0.25, 0.3) is 0 Å². The highest BCUT2D eigenvalue weighted by molar-refractivity contribution is 6.18. The molecule has 4 amide bonds. The zero-order valence-electron chi connectivity index (χ0n) is 21.5. The van der Waals surface area contributed by atoms with Crippen molar-refractivity contribution in [1.29, 1.82) is 0 Å². The highest BCUT2D eigenvalue weighted by atomic mass is 35.5. The number of nitrogens with two attached hydrogens (primary N) is 1. The summed E-state index contributed by atoms with van der Waals surface area (Å²) in [6, 6.07) is 5.89. The van der Waals surface area contributed by atoms with Crippen molar-refractivity contribution in [1.82, 2.24) is 15.5 Å². The van der Waals surface area contributed by atoms with Crippen LogP contribution in [0.15, 0.2) is 24.3 Å². The molecule has 0 radical (unpaired) electrons. The fourth-order valence-corrected chi connectivity index (χ4v) is 4.58. The zero-order chi connectivity index (χ0) is 27.4. The van der Waals surface area contributed by atoms with Gasteiger partial charge in [-0.15, -0.1) is 23.2 Å². The van der Waals surface area contributed by atoms with E-state index in [9.17, 15) is 19.2 Å². The first-order valence-corrected chi connectivity index (χ1v) is 13.6. The van der Waals surface area contributed by atoms with Crippen LogP contribution in [0.4, 0.5) is 11.4 Å². The first-order valence-electron chi connectivity index (χ1n) is 12.5. The minimum absolute atomic E-state index is 0.224. The molecule has 1 aromatic carbocycles. The summed E-state index contributed by atoms with van der Waals surface area (Å²) in [5.74, 6) is -0.339. The molecule has 10 nitrogen and oxygen atoms in total. The van der Waals surface area contributed by atoms with Gasteiger partial charge < -0.3 is 31.5 Å². The average Bonchev–Trinajstić information content (AvgIpc) is 3.36. The number of likely N-dealkylation sites (tertiary alicyclic amines) is 1. The quantitative estimate of drug-likeness (QED) is 0.256. The van der Waals surface area contributed by atoms with Gasteiger partial charge in [-0.25, -0.2) is 0 Å². The van der Waals surface area contributed by atoms with Crippen molar-refractivity contribution in [2.45, 2.75) is 45.2 Å². The van der Waals surface area contributed by atoms with Crippen molar-refractivity contribution >= 4 is 58.2 Å². The molecule has 5 N–H and O–H groups in total. The molecule has 0 bridgehead atoms. The summed E-state index contributed by atoms with van der Waals surface area (Å²) >= 11 is 11.7. The van der Waals surface area contributed by atoms with Gasteiger partial charge in [0.1, 0.15) is 6.04 Å². The van der Waals surface area contributed by atoms with Crippen molar-refractivity contribution in [2.24, 2.45) is 11.7 Å². The lowest BCUT2D eigenvalue weighted by Crippen LogP contribution is -2.51. The summed E-state index contributed by atoms with van der Waals surface area (Å²) in [4.78, 5) is 53.3. The van der Waals surface area contributed by atoms with E-state index in [2.05, 4.69) is 16.0 Å². The summed E-state index contributed by atoms with van der Waals surface area (Å²) < 4.78 is 0. The fourth-order valence-electron chi connectivity index (χ4n) is 4.17. The molecular formula is C25H38Cl2N6O4. The van der Waals surface area contributed by atoms with E-state index in [-0.39, 0.29) is 30.8 Å². The van der Waals surface area contributed by atoms with Crippen LogP contribution in [0.2, 0.25) is 0 Å². The maximum absolute atomic E-state index is 12.7. The second kappa shape index (κ2) is 15.6. The summed E-state index contributed by atoms with van der Waals surface area (Å²) in [6.07, 6.45) is 1.66. The van der Waals surface area contributed by atoms with Gasteiger partial charge in [-0.05, 0) is 49.4 Å². The minimum atomic E-state index is -0.685. The number of carbonyl (C=O) groups is 4. The molecule has 1 saturated heterocycles. The molecule has 0 aliphatic carbocycles. The van der Waals surface area contributed by atoms with Crippen molar-refractivity contribution in [3.63, 3.8) is 0 Å². The highest BCUT2D eigenvalue weighted by Crippen LogP contribution is 2.19. The van der Waals surface area contributed by atoms with Crippen molar-refractivity contribution < 1.29 is 19.2 Å². The molecule has 2 rings (SSSR count). The van der Waals surface area contributed by atoms with Gasteiger partial charge >= 0.3 is 0 Å². The first kappa shape index (κ1) is 30.7. The van der Waals surface area contributed by atoms with Crippen LogP contribution in [0.1, 0.15) is 33.1 Å². The Hall–Kier alpha value is -2.56. The Morgan fingerprint density at radius 3 is 2.30 bits per heavy atom. The van der Waals surface area contributed by atoms with Crippen LogP contribution in [-0.4, -0.2) is 85.1 Å². The number of amides is 4. The Labute approximate surface area is 228 Å². The molecule has 1 aliphatic heterocycles. The molecule has 0 unspecified atom stereocenters. The molecule has 0 saturated carbocycles. The zero-order valence-corrected chi connectivity index (χ0v) is 23.0. The third-order valence-electron chi connectivity index (χ3n) is 6.00. The van der Waals surface area contributed by atoms with E-state index in [0.717, 1.165) is 5.69 Å². The van der Waals surface area contributed by atoms with E-state index < -0.39 is 23.9 Å². The van der Waals surface area contributed by atoms with Crippen LogP contribution in [0.3, 0.4) is 0 Å². The number of hydrogen-bond acceptors (Lipinski definition) is 6. The van der Waals surface area contributed by atoms with Crippen LogP contribution in [-0.2, 0) is 19.2 Å². The predicted octanol–water partition coefficient (Wildman–Crippen LogP) is 1.51. The molecule has 12 heteroatoms. The van der Waals surface area contributed by atoms with E-state index in [1.165, 1.54) is 4.90 Å². The number of benzene rings is 1. The maximum atomic E-state index is 12.7. The Kier molecular flexibility index (Phi) is 13.0. The van der Waals surface area contributed by atoms with Gasteiger partial charge in [-0.3, -0.25) is 19.2 Å². The molecular weight excluding hydrogens is 519 g/mol. The number of halogens is 2. The van der Waals surface area contributed by atoms with Gasteiger partial charge in [0, 0.05) is 42.8 Å². The fraction of sp³-hybridized carbons (Fsp3) is 0.600. The largest absolute Gasteiger partial charge is 0.369 e. The van der Waals surface area contributed by atoms with Gasteiger partial charge in [0.2, 0.25) is 23.6 Å². The first-order chi connectivity index (χ1) is 17.7. The maximum Gasteiger partial charge on any atom is 0.243 e. The van der Waals surface area contributed by atoms with E-state index in [4.69, 9.17) is 28.9 Å². The number of nitrogens with one attached hydrogen (secondary N) is 3. The molecule has 0 aromatic heterocycles. The van der Waals surface area contributed by atoms with Crippen LogP contribution in [0.25, 0.3) is 0 Å². The number of nitrogens with zero attached hydrogens (tertiary/aromatic N) is 2. The Bertz CT molecular complexity index is 909. The normalized spacial score (nSPS) is 15.8. The number of hydrogen-bond donors (Lipinski definition) is 4. The number of rotatable bonds is 14. The second-order valence-corrected chi connectivity index (χ2v) is 10.1. The van der Waals surface area contributed by atoms with Crippen molar-refractivity contribution in [3.8, 4) is 0 Å². The summed E-state index contributed by atoms with van der Waals surface area (Å²) in [7, 11) is 0. The van der Waals surface area contributed by atoms with Gasteiger partial charge in [0.15, 0.2) is 0 Å². The highest BCUT2D eigenvalue weighted by Gasteiger charge is 2.34. The molecule has 206 valence electrons. The van der Waals surface area contributed by atoms with Crippen LogP contribution < -0.4 is 26.6 Å². The lowest BCUT2D eigenvalue weighted by Gasteiger charge is -2.24. The average molecular weight is 558 g/mol. The Morgan fingerprint density at radius 1 is 1.05 bits per heavy atom. The Balaban J connectivity index is 1.81. The van der Waals surface area contributed by atoms with Gasteiger partial charge in [0.05, 0.1) is 19.1 Å². The summed E-state index contributed by atoms with van der Waals surface area (Å²) in [5.41, 5.74) is 7.38. The van der Waals surface area contributed by atoms with Gasteiger partial charge in [-0.2, -0.15) is 0 Å². The lowest BCUT2D eigenvalue weighted by molar-refractivity contribution is -0.139. The smallest absolute Gasteiger partial charge is 0.243 e. The van der Waals surface area contributed by atoms with E-state index in [1.807, 2.05) is 30.9 Å². The van der Waals surface area contributed by atoms with E-state index in [0.29, 0.717) is 56.3 Å². The Morgan fingerprint density at radius 2 is 1.70 bits per heavy atom. The predicted molar refractivity (Wildman–Crippen MR) is 147 cm³/mol. The topological polar surface area (TPSA) is 137 Å². The van der Waals surface area contributed by atoms with Crippen molar-refractivity contribution in [2.75, 3.05) is 54.7 Å². The summed E-state index contributed by atoms with van der Waals surface area (Å²) in [6.45, 7) is 5.19. The molecule has 0 spiro atoms.